The molecule has 0 aromatic heterocycles. The number of rotatable bonds is 8. The Labute approximate surface area is 204 Å². The molecule has 1 aliphatic heterocycles. The monoisotopic (exact) mass is 480 g/mol. The zero-order valence-corrected chi connectivity index (χ0v) is 20.1. The number of carbonyl (C=O) groups excluding carboxylic acids is 2. The number of nitrogens with one attached hydrogen (secondary N) is 1. The summed E-state index contributed by atoms with van der Waals surface area (Å²) in [7, 11) is 0. The molecule has 4 rings (SSSR count). The first-order valence-electron chi connectivity index (χ1n) is 12.1. The Balaban J connectivity index is 1.42. The summed E-state index contributed by atoms with van der Waals surface area (Å²) in [4.78, 5) is 38.9. The number of likely N-dealkylation sites (tertiary alicyclic amines) is 1. The number of nitrogens with zero attached hydrogens (tertiary/aromatic N) is 1. The summed E-state index contributed by atoms with van der Waals surface area (Å²) in [6.45, 7) is 3.83. The minimum Gasteiger partial charge on any atom is -0.480 e. The van der Waals surface area contributed by atoms with Crippen molar-refractivity contribution in [3.63, 3.8) is 0 Å². The van der Waals surface area contributed by atoms with Gasteiger partial charge in [-0.05, 0) is 35.1 Å². The van der Waals surface area contributed by atoms with Gasteiger partial charge in [0.15, 0.2) is 0 Å². The smallest absolute Gasteiger partial charge is 0.407 e. The standard InChI is InChI=1S/C27H32N2O6/c1-3-27(4-2,25(33)29-14-17(30)13-23(29)24(31)32)16-28-26(34)35-15-22-20-11-7-5-9-18(20)19-10-6-8-12-21(19)22/h5-12,17,22-23,30H,3-4,13-16H2,1-2H3,(H,28,34)(H,31,32)/t17-,23-/m1/s1. The molecule has 0 radical (unpaired) electrons. The van der Waals surface area contributed by atoms with Crippen LogP contribution in [-0.2, 0) is 14.3 Å². The van der Waals surface area contributed by atoms with E-state index in [0.29, 0.717) is 12.8 Å². The van der Waals surface area contributed by atoms with Crippen molar-refractivity contribution in [2.75, 3.05) is 19.7 Å². The Hall–Kier alpha value is -3.39. The van der Waals surface area contributed by atoms with Gasteiger partial charge < -0.3 is 25.2 Å². The number of ether oxygens (including phenoxy) is 1. The second kappa shape index (κ2) is 10.1. The van der Waals surface area contributed by atoms with E-state index in [1.54, 1.807) is 0 Å². The van der Waals surface area contributed by atoms with Crippen LogP contribution in [0.1, 0.15) is 50.2 Å². The Morgan fingerprint density at radius 2 is 1.60 bits per heavy atom. The third kappa shape index (κ3) is 4.62. The van der Waals surface area contributed by atoms with E-state index in [-0.39, 0.29) is 37.9 Å². The van der Waals surface area contributed by atoms with E-state index < -0.39 is 29.6 Å². The normalized spacial score (nSPS) is 19.2. The fraction of sp³-hybridized carbons (Fsp3) is 0.444. The fourth-order valence-corrected chi connectivity index (χ4v) is 5.35. The maximum Gasteiger partial charge on any atom is 0.407 e. The Morgan fingerprint density at radius 1 is 1.03 bits per heavy atom. The van der Waals surface area contributed by atoms with Gasteiger partial charge in [-0.2, -0.15) is 0 Å². The van der Waals surface area contributed by atoms with E-state index in [1.165, 1.54) is 4.90 Å². The maximum absolute atomic E-state index is 13.4. The van der Waals surface area contributed by atoms with E-state index in [0.717, 1.165) is 22.3 Å². The fourth-order valence-electron chi connectivity index (χ4n) is 5.35. The summed E-state index contributed by atoms with van der Waals surface area (Å²) < 4.78 is 5.60. The third-order valence-electron chi connectivity index (χ3n) is 7.55. The highest BCUT2D eigenvalue weighted by molar-refractivity contribution is 5.89. The van der Waals surface area contributed by atoms with Gasteiger partial charge in [-0.25, -0.2) is 9.59 Å². The van der Waals surface area contributed by atoms with Gasteiger partial charge in [0.1, 0.15) is 12.6 Å². The number of β-amino-alcohol motifs (C(OH)–C–C–N with tert-alkyl or cyclic N) is 1. The number of carbonyl (C=O) groups is 3. The van der Waals surface area contributed by atoms with Crippen molar-refractivity contribution in [3.05, 3.63) is 59.7 Å². The van der Waals surface area contributed by atoms with Crippen LogP contribution in [0.2, 0.25) is 0 Å². The first-order chi connectivity index (χ1) is 16.8. The molecule has 2 aliphatic rings. The van der Waals surface area contributed by atoms with Crippen LogP contribution >= 0.6 is 0 Å². The Kier molecular flexibility index (Phi) is 7.12. The zero-order chi connectivity index (χ0) is 25.2. The molecule has 0 bridgehead atoms. The molecule has 1 heterocycles. The van der Waals surface area contributed by atoms with Crippen LogP contribution in [0.15, 0.2) is 48.5 Å². The lowest BCUT2D eigenvalue weighted by molar-refractivity contribution is -0.153. The highest BCUT2D eigenvalue weighted by atomic mass is 16.5. The predicted molar refractivity (Wildman–Crippen MR) is 130 cm³/mol. The van der Waals surface area contributed by atoms with Crippen molar-refractivity contribution in [2.45, 2.75) is 51.2 Å². The van der Waals surface area contributed by atoms with Crippen molar-refractivity contribution < 1.29 is 29.3 Å². The van der Waals surface area contributed by atoms with Crippen LogP contribution in [0.4, 0.5) is 4.79 Å². The Morgan fingerprint density at radius 3 is 2.14 bits per heavy atom. The number of carboxylic acids is 1. The van der Waals surface area contributed by atoms with Gasteiger partial charge in [0, 0.05) is 25.4 Å². The molecule has 2 aromatic carbocycles. The maximum atomic E-state index is 13.4. The van der Waals surface area contributed by atoms with Crippen molar-refractivity contribution in [1.29, 1.82) is 0 Å². The number of hydrogen-bond acceptors (Lipinski definition) is 5. The number of alkyl carbamates (subject to hydrolysis) is 1. The van der Waals surface area contributed by atoms with E-state index in [2.05, 4.69) is 17.4 Å². The molecule has 0 unspecified atom stereocenters. The molecular weight excluding hydrogens is 448 g/mol. The number of amides is 2. The number of aliphatic carboxylic acids is 1. The SMILES string of the molecule is CCC(CC)(CNC(=O)OCC1c2ccccc2-c2ccccc21)C(=O)N1C[C@H](O)C[C@@H]1C(=O)O. The Bertz CT molecular complexity index is 1070. The lowest BCUT2D eigenvalue weighted by Crippen LogP contribution is -2.52. The van der Waals surface area contributed by atoms with Crippen LogP contribution < -0.4 is 5.32 Å². The van der Waals surface area contributed by atoms with Crippen LogP contribution in [0.3, 0.4) is 0 Å². The largest absolute Gasteiger partial charge is 0.480 e. The summed E-state index contributed by atoms with van der Waals surface area (Å²) in [5.74, 6) is -1.58. The summed E-state index contributed by atoms with van der Waals surface area (Å²) >= 11 is 0. The van der Waals surface area contributed by atoms with Gasteiger partial charge in [0.25, 0.3) is 0 Å². The lowest BCUT2D eigenvalue weighted by Gasteiger charge is -2.36. The minimum atomic E-state index is -1.14. The van der Waals surface area contributed by atoms with Gasteiger partial charge in [0.05, 0.1) is 11.5 Å². The first-order valence-corrected chi connectivity index (χ1v) is 12.1. The minimum absolute atomic E-state index is 0.00435. The third-order valence-corrected chi connectivity index (χ3v) is 7.55. The van der Waals surface area contributed by atoms with Crippen LogP contribution in [-0.4, -0.2) is 64.9 Å². The van der Waals surface area contributed by atoms with Crippen molar-refractivity contribution in [1.82, 2.24) is 10.2 Å². The number of hydrogen-bond donors (Lipinski definition) is 3. The molecular formula is C27H32N2O6. The number of fused-ring (bicyclic) bond motifs is 3. The quantitative estimate of drug-likeness (QED) is 0.533. The first kappa shape index (κ1) is 24.7. The van der Waals surface area contributed by atoms with Gasteiger partial charge in [-0.15, -0.1) is 0 Å². The van der Waals surface area contributed by atoms with Crippen LogP contribution in [0.25, 0.3) is 11.1 Å². The van der Waals surface area contributed by atoms with E-state index in [9.17, 15) is 24.6 Å². The molecule has 0 spiro atoms. The average molecular weight is 481 g/mol. The molecule has 0 saturated carbocycles. The van der Waals surface area contributed by atoms with Gasteiger partial charge in [-0.3, -0.25) is 4.79 Å². The molecule has 186 valence electrons. The molecule has 2 aromatic rings. The lowest BCUT2D eigenvalue weighted by atomic mass is 9.80. The van der Waals surface area contributed by atoms with Crippen molar-refractivity contribution in [2.24, 2.45) is 5.41 Å². The molecule has 2 amide bonds. The number of aliphatic hydroxyl groups excluding tert-OH is 1. The molecule has 2 atom stereocenters. The summed E-state index contributed by atoms with van der Waals surface area (Å²) in [5, 5.41) is 22.2. The van der Waals surface area contributed by atoms with Gasteiger partial charge in [-0.1, -0.05) is 62.4 Å². The van der Waals surface area contributed by atoms with Crippen molar-refractivity contribution >= 4 is 18.0 Å². The number of aliphatic hydroxyl groups is 1. The van der Waals surface area contributed by atoms with Crippen molar-refractivity contribution in [3.8, 4) is 11.1 Å². The topological polar surface area (TPSA) is 116 Å². The molecule has 3 N–H and O–H groups in total. The average Bonchev–Trinajstić information content (AvgIpc) is 3.42. The molecule has 8 nitrogen and oxygen atoms in total. The molecule has 1 saturated heterocycles. The van der Waals surface area contributed by atoms with E-state index in [4.69, 9.17) is 4.74 Å². The van der Waals surface area contributed by atoms with E-state index >= 15 is 0 Å². The molecule has 1 fully saturated rings. The second-order valence-electron chi connectivity index (χ2n) is 9.37. The highest BCUT2D eigenvalue weighted by Gasteiger charge is 2.46. The predicted octanol–water partition coefficient (Wildman–Crippen LogP) is 3.38. The highest BCUT2D eigenvalue weighted by Crippen LogP contribution is 2.44. The molecule has 8 heteroatoms. The molecule has 35 heavy (non-hydrogen) atoms. The number of carboxylic acid groups (broad SMARTS) is 1. The summed E-state index contributed by atoms with van der Waals surface area (Å²) in [5.41, 5.74) is 3.52. The summed E-state index contributed by atoms with van der Waals surface area (Å²) in [6, 6.07) is 15.1. The van der Waals surface area contributed by atoms with Crippen LogP contribution in [0.5, 0.6) is 0 Å². The van der Waals surface area contributed by atoms with Gasteiger partial charge in [0.2, 0.25) is 5.91 Å². The van der Waals surface area contributed by atoms with Crippen LogP contribution in [0, 0.1) is 5.41 Å². The second-order valence-corrected chi connectivity index (χ2v) is 9.37. The van der Waals surface area contributed by atoms with E-state index in [1.807, 2.05) is 50.2 Å². The summed E-state index contributed by atoms with van der Waals surface area (Å²) in [6.07, 6.45) is -0.677. The zero-order valence-electron chi connectivity index (χ0n) is 20.1. The number of benzene rings is 2. The van der Waals surface area contributed by atoms with Gasteiger partial charge >= 0.3 is 12.1 Å². The molecule has 1 aliphatic carbocycles.